The quantitative estimate of drug-likeness (QED) is 0.792. The summed E-state index contributed by atoms with van der Waals surface area (Å²) in [6.07, 6.45) is 1.81. The van der Waals surface area contributed by atoms with Crippen LogP contribution in [0.25, 0.3) is 0 Å². The van der Waals surface area contributed by atoms with E-state index >= 15 is 0 Å². The summed E-state index contributed by atoms with van der Waals surface area (Å²) in [5, 5.41) is 6.34. The third-order valence-electron chi connectivity index (χ3n) is 2.67. The standard InChI is InChI=1S/C12H22N4O/c1-8(2)10(7-17-5)15-11-9(3)6-14-12(13-4)16-11/h6,8,10H,7H2,1-5H3,(H2,13,14,15,16). The van der Waals surface area contributed by atoms with Gasteiger partial charge in [0.1, 0.15) is 5.82 Å². The molecule has 1 aromatic heterocycles. The Kier molecular flexibility index (Phi) is 5.15. The van der Waals surface area contributed by atoms with Gasteiger partial charge in [0.25, 0.3) is 0 Å². The fourth-order valence-electron chi connectivity index (χ4n) is 1.46. The molecule has 5 nitrogen and oxygen atoms in total. The first-order chi connectivity index (χ1) is 8.08. The van der Waals surface area contributed by atoms with Crippen LogP contribution in [0.4, 0.5) is 11.8 Å². The van der Waals surface area contributed by atoms with Gasteiger partial charge in [-0.25, -0.2) is 4.98 Å². The predicted octanol–water partition coefficient (Wildman–Crippen LogP) is 1.91. The highest BCUT2D eigenvalue weighted by molar-refractivity contribution is 5.47. The third kappa shape index (κ3) is 3.85. The van der Waals surface area contributed by atoms with Crippen LogP contribution in [0.1, 0.15) is 19.4 Å². The molecule has 96 valence electrons. The zero-order valence-electron chi connectivity index (χ0n) is 11.2. The molecule has 0 spiro atoms. The normalized spacial score (nSPS) is 12.6. The van der Waals surface area contributed by atoms with Crippen molar-refractivity contribution in [3.05, 3.63) is 11.8 Å². The summed E-state index contributed by atoms with van der Waals surface area (Å²) < 4.78 is 5.21. The van der Waals surface area contributed by atoms with Crippen LogP contribution in [0.5, 0.6) is 0 Å². The highest BCUT2D eigenvalue weighted by atomic mass is 16.5. The average Bonchev–Trinajstić information content (AvgIpc) is 2.31. The van der Waals surface area contributed by atoms with Gasteiger partial charge in [-0.3, -0.25) is 0 Å². The minimum atomic E-state index is 0.248. The van der Waals surface area contributed by atoms with Gasteiger partial charge in [0.2, 0.25) is 5.95 Å². The molecule has 0 saturated heterocycles. The number of hydrogen-bond donors (Lipinski definition) is 2. The first-order valence-electron chi connectivity index (χ1n) is 5.85. The van der Waals surface area contributed by atoms with Gasteiger partial charge >= 0.3 is 0 Å². The number of hydrogen-bond acceptors (Lipinski definition) is 5. The highest BCUT2D eigenvalue weighted by Gasteiger charge is 2.15. The van der Waals surface area contributed by atoms with E-state index in [4.69, 9.17) is 4.74 Å². The van der Waals surface area contributed by atoms with E-state index in [-0.39, 0.29) is 6.04 Å². The molecule has 0 fully saturated rings. The van der Waals surface area contributed by atoms with Crippen molar-refractivity contribution in [1.82, 2.24) is 9.97 Å². The van der Waals surface area contributed by atoms with E-state index in [0.29, 0.717) is 18.5 Å². The van der Waals surface area contributed by atoms with Crippen molar-refractivity contribution in [1.29, 1.82) is 0 Å². The van der Waals surface area contributed by atoms with E-state index in [1.165, 1.54) is 0 Å². The molecule has 5 heteroatoms. The third-order valence-corrected chi connectivity index (χ3v) is 2.67. The molecule has 1 heterocycles. The Morgan fingerprint density at radius 3 is 2.65 bits per heavy atom. The van der Waals surface area contributed by atoms with Crippen LogP contribution in [0.15, 0.2) is 6.20 Å². The van der Waals surface area contributed by atoms with E-state index in [1.807, 2.05) is 20.2 Å². The van der Waals surface area contributed by atoms with E-state index in [1.54, 1.807) is 7.11 Å². The Morgan fingerprint density at radius 2 is 2.12 bits per heavy atom. The minimum absolute atomic E-state index is 0.248. The van der Waals surface area contributed by atoms with Crippen LogP contribution in [0, 0.1) is 12.8 Å². The molecule has 17 heavy (non-hydrogen) atoms. The molecule has 2 N–H and O–H groups in total. The second kappa shape index (κ2) is 6.39. The van der Waals surface area contributed by atoms with E-state index in [9.17, 15) is 0 Å². The van der Waals surface area contributed by atoms with Gasteiger partial charge in [0, 0.05) is 25.9 Å². The second-order valence-corrected chi connectivity index (χ2v) is 4.43. The monoisotopic (exact) mass is 238 g/mol. The lowest BCUT2D eigenvalue weighted by molar-refractivity contribution is 0.171. The number of nitrogens with one attached hydrogen (secondary N) is 2. The molecule has 0 radical (unpaired) electrons. The molecule has 0 aliphatic rings. The van der Waals surface area contributed by atoms with Gasteiger partial charge in [-0.2, -0.15) is 4.98 Å². The minimum Gasteiger partial charge on any atom is -0.383 e. The summed E-state index contributed by atoms with van der Waals surface area (Å²) in [7, 11) is 3.52. The summed E-state index contributed by atoms with van der Waals surface area (Å²) in [5.74, 6) is 1.96. The van der Waals surface area contributed by atoms with E-state index in [2.05, 4.69) is 34.4 Å². The lowest BCUT2D eigenvalue weighted by atomic mass is 10.1. The number of ether oxygens (including phenoxy) is 1. The van der Waals surface area contributed by atoms with E-state index < -0.39 is 0 Å². The van der Waals surface area contributed by atoms with Gasteiger partial charge in [0.15, 0.2) is 0 Å². The molecule has 0 bridgehead atoms. The van der Waals surface area contributed by atoms with Gasteiger partial charge in [-0.1, -0.05) is 13.8 Å². The largest absolute Gasteiger partial charge is 0.383 e. The fourth-order valence-corrected chi connectivity index (χ4v) is 1.46. The maximum absolute atomic E-state index is 5.21. The van der Waals surface area contributed by atoms with Crippen molar-refractivity contribution in [3.63, 3.8) is 0 Å². The van der Waals surface area contributed by atoms with Crippen molar-refractivity contribution >= 4 is 11.8 Å². The number of nitrogens with zero attached hydrogens (tertiary/aromatic N) is 2. The molecular formula is C12H22N4O. The Morgan fingerprint density at radius 1 is 1.41 bits per heavy atom. The Balaban J connectivity index is 2.84. The number of aryl methyl sites for hydroxylation is 1. The van der Waals surface area contributed by atoms with Crippen LogP contribution >= 0.6 is 0 Å². The van der Waals surface area contributed by atoms with Crippen LogP contribution in [-0.4, -0.2) is 36.8 Å². The van der Waals surface area contributed by atoms with Gasteiger partial charge < -0.3 is 15.4 Å². The highest BCUT2D eigenvalue weighted by Crippen LogP contribution is 2.16. The van der Waals surface area contributed by atoms with Crippen molar-refractivity contribution in [2.75, 3.05) is 31.4 Å². The van der Waals surface area contributed by atoms with Crippen molar-refractivity contribution < 1.29 is 4.74 Å². The summed E-state index contributed by atoms with van der Waals surface area (Å²) in [6, 6.07) is 0.248. The van der Waals surface area contributed by atoms with E-state index in [0.717, 1.165) is 11.4 Å². The molecule has 1 atom stereocenters. The Labute approximate surface area is 103 Å². The van der Waals surface area contributed by atoms with Crippen molar-refractivity contribution in [2.24, 2.45) is 5.92 Å². The summed E-state index contributed by atoms with van der Waals surface area (Å²) >= 11 is 0. The van der Waals surface area contributed by atoms with Crippen LogP contribution in [-0.2, 0) is 4.74 Å². The lowest BCUT2D eigenvalue weighted by Gasteiger charge is -2.23. The SMILES string of the molecule is CNc1ncc(C)c(NC(COC)C(C)C)n1. The number of anilines is 2. The lowest BCUT2D eigenvalue weighted by Crippen LogP contribution is -2.31. The van der Waals surface area contributed by atoms with Crippen LogP contribution in [0.2, 0.25) is 0 Å². The zero-order valence-corrected chi connectivity index (χ0v) is 11.2. The summed E-state index contributed by atoms with van der Waals surface area (Å²) in [6.45, 7) is 6.97. The fraction of sp³-hybridized carbons (Fsp3) is 0.667. The Bertz CT molecular complexity index is 354. The van der Waals surface area contributed by atoms with Crippen molar-refractivity contribution in [3.8, 4) is 0 Å². The summed E-state index contributed by atoms with van der Waals surface area (Å²) in [5.41, 5.74) is 1.03. The number of rotatable bonds is 6. The molecule has 0 saturated carbocycles. The molecule has 0 aliphatic heterocycles. The molecule has 1 unspecified atom stereocenters. The van der Waals surface area contributed by atoms with Gasteiger partial charge in [-0.15, -0.1) is 0 Å². The molecule has 0 amide bonds. The Hall–Kier alpha value is -1.36. The maximum Gasteiger partial charge on any atom is 0.224 e. The molecular weight excluding hydrogens is 216 g/mol. The second-order valence-electron chi connectivity index (χ2n) is 4.43. The van der Waals surface area contributed by atoms with Crippen molar-refractivity contribution in [2.45, 2.75) is 26.8 Å². The molecule has 0 aromatic carbocycles. The van der Waals surface area contributed by atoms with Gasteiger partial charge in [-0.05, 0) is 12.8 Å². The van der Waals surface area contributed by atoms with Crippen LogP contribution in [0.3, 0.4) is 0 Å². The van der Waals surface area contributed by atoms with Crippen LogP contribution < -0.4 is 10.6 Å². The first kappa shape index (κ1) is 13.7. The predicted molar refractivity (Wildman–Crippen MR) is 70.4 cm³/mol. The molecule has 0 aliphatic carbocycles. The first-order valence-corrected chi connectivity index (χ1v) is 5.85. The number of methoxy groups -OCH3 is 1. The topological polar surface area (TPSA) is 59.1 Å². The number of aromatic nitrogens is 2. The van der Waals surface area contributed by atoms with Gasteiger partial charge in [0.05, 0.1) is 12.6 Å². The zero-order chi connectivity index (χ0) is 12.8. The molecule has 1 rings (SSSR count). The smallest absolute Gasteiger partial charge is 0.224 e. The maximum atomic E-state index is 5.21. The summed E-state index contributed by atoms with van der Waals surface area (Å²) in [4.78, 5) is 8.57. The average molecular weight is 238 g/mol. The molecule has 1 aromatic rings.